The minimum atomic E-state index is -3.73. The topological polar surface area (TPSA) is 70.8 Å². The van der Waals surface area contributed by atoms with E-state index in [2.05, 4.69) is 0 Å². The lowest BCUT2D eigenvalue weighted by Crippen LogP contribution is -2.31. The number of aliphatic hydroxyl groups is 1. The van der Waals surface area contributed by atoms with Crippen LogP contribution in [0.15, 0.2) is 45.9 Å². The second-order valence-electron chi connectivity index (χ2n) is 5.04. The van der Waals surface area contributed by atoms with Crippen molar-refractivity contribution in [2.75, 3.05) is 10.8 Å². The number of para-hydroxylation sites is 1. The molecule has 21 heavy (non-hydrogen) atoms. The molecule has 112 valence electrons. The van der Waals surface area contributed by atoms with Gasteiger partial charge in [0, 0.05) is 6.54 Å². The number of anilines is 1. The van der Waals surface area contributed by atoms with Crippen LogP contribution >= 0.6 is 0 Å². The first-order chi connectivity index (χ1) is 10.1. The van der Waals surface area contributed by atoms with Gasteiger partial charge in [0.05, 0.1) is 5.69 Å². The number of furan rings is 1. The first-order valence-electron chi connectivity index (χ1n) is 6.93. The number of nitrogens with zero attached hydrogens (tertiary/aromatic N) is 1. The third-order valence-corrected chi connectivity index (χ3v) is 5.34. The van der Waals surface area contributed by atoms with E-state index in [-0.39, 0.29) is 17.5 Å². The third kappa shape index (κ3) is 2.56. The number of sulfonamides is 1. The van der Waals surface area contributed by atoms with Crippen LogP contribution in [0, 0.1) is 0 Å². The number of aryl methyl sites for hydroxylation is 1. The lowest BCUT2D eigenvalue weighted by molar-refractivity contribution is 0.236. The van der Waals surface area contributed by atoms with E-state index in [9.17, 15) is 8.42 Å². The molecule has 0 aliphatic carbocycles. The Labute approximate surface area is 123 Å². The van der Waals surface area contributed by atoms with Crippen molar-refractivity contribution in [3.8, 4) is 0 Å². The second-order valence-corrected chi connectivity index (χ2v) is 6.84. The summed E-state index contributed by atoms with van der Waals surface area (Å²) >= 11 is 0. The molecule has 3 rings (SSSR count). The summed E-state index contributed by atoms with van der Waals surface area (Å²) in [5.74, 6) is 0.247. The monoisotopic (exact) mass is 307 g/mol. The number of hydrogen-bond donors (Lipinski definition) is 1. The van der Waals surface area contributed by atoms with Gasteiger partial charge in [0.1, 0.15) is 12.4 Å². The van der Waals surface area contributed by atoms with E-state index in [1.54, 1.807) is 0 Å². The van der Waals surface area contributed by atoms with Crippen LogP contribution in [-0.4, -0.2) is 20.1 Å². The maximum absolute atomic E-state index is 12.8. The molecule has 2 heterocycles. The summed E-state index contributed by atoms with van der Waals surface area (Å²) in [6, 6.07) is 10.4. The Morgan fingerprint density at radius 1 is 1.14 bits per heavy atom. The van der Waals surface area contributed by atoms with Crippen molar-refractivity contribution in [2.45, 2.75) is 31.0 Å². The van der Waals surface area contributed by atoms with E-state index in [4.69, 9.17) is 9.52 Å². The van der Waals surface area contributed by atoms with Crippen molar-refractivity contribution >= 4 is 15.7 Å². The summed E-state index contributed by atoms with van der Waals surface area (Å²) in [6.07, 6.45) is 2.65. The van der Waals surface area contributed by atoms with Crippen molar-refractivity contribution in [1.29, 1.82) is 0 Å². The number of hydrogen-bond acceptors (Lipinski definition) is 4. The zero-order chi connectivity index (χ0) is 14.9. The summed E-state index contributed by atoms with van der Waals surface area (Å²) in [5.41, 5.74) is 1.75. The first kappa shape index (κ1) is 14.2. The van der Waals surface area contributed by atoms with Crippen LogP contribution in [0.4, 0.5) is 5.69 Å². The van der Waals surface area contributed by atoms with E-state index in [0.717, 1.165) is 30.5 Å². The molecule has 0 amide bonds. The highest BCUT2D eigenvalue weighted by Gasteiger charge is 2.30. The maximum Gasteiger partial charge on any atom is 0.297 e. The zero-order valence-corrected chi connectivity index (χ0v) is 12.3. The van der Waals surface area contributed by atoms with Gasteiger partial charge in [-0.2, -0.15) is 8.42 Å². The molecule has 1 aliphatic rings. The molecule has 1 aliphatic heterocycles. The van der Waals surface area contributed by atoms with E-state index in [0.29, 0.717) is 6.54 Å². The smallest absolute Gasteiger partial charge is 0.297 e. The van der Waals surface area contributed by atoms with E-state index >= 15 is 0 Å². The SMILES string of the molecule is O=S(=O)(c1ccc(CO)o1)N1CCCCc2ccccc21. The molecule has 0 atom stereocenters. The molecule has 0 saturated heterocycles. The standard InChI is InChI=1S/C15H17NO4S/c17-11-13-8-9-15(20-13)21(18,19)16-10-4-3-6-12-5-1-2-7-14(12)16/h1-2,5,7-9,17H,3-4,6,10-11H2. The van der Waals surface area contributed by atoms with Gasteiger partial charge in [-0.25, -0.2) is 0 Å². The van der Waals surface area contributed by atoms with Gasteiger partial charge in [0.2, 0.25) is 5.09 Å². The molecular formula is C15H17NO4S. The van der Waals surface area contributed by atoms with Crippen molar-refractivity contribution in [3.63, 3.8) is 0 Å². The molecule has 5 nitrogen and oxygen atoms in total. The first-order valence-corrected chi connectivity index (χ1v) is 8.37. The Morgan fingerprint density at radius 2 is 1.95 bits per heavy atom. The lowest BCUT2D eigenvalue weighted by atomic mass is 10.1. The highest BCUT2D eigenvalue weighted by molar-refractivity contribution is 7.92. The summed E-state index contributed by atoms with van der Waals surface area (Å²) in [6.45, 7) is 0.126. The number of rotatable bonds is 3. The maximum atomic E-state index is 12.8. The van der Waals surface area contributed by atoms with Crippen LogP contribution in [0.1, 0.15) is 24.2 Å². The molecule has 1 aromatic carbocycles. The van der Waals surface area contributed by atoms with Crippen LogP contribution in [0.2, 0.25) is 0 Å². The van der Waals surface area contributed by atoms with Crippen LogP contribution in [-0.2, 0) is 23.1 Å². The molecule has 1 aromatic heterocycles. The Balaban J connectivity index is 2.06. The van der Waals surface area contributed by atoms with Crippen LogP contribution < -0.4 is 4.31 Å². The average molecular weight is 307 g/mol. The van der Waals surface area contributed by atoms with Crippen LogP contribution in [0.3, 0.4) is 0 Å². The van der Waals surface area contributed by atoms with Gasteiger partial charge < -0.3 is 9.52 Å². The minimum absolute atomic E-state index is 0.122. The number of aliphatic hydroxyl groups excluding tert-OH is 1. The quantitative estimate of drug-likeness (QED) is 0.944. The van der Waals surface area contributed by atoms with Gasteiger partial charge >= 0.3 is 0 Å². The molecule has 0 saturated carbocycles. The third-order valence-electron chi connectivity index (χ3n) is 3.65. The van der Waals surface area contributed by atoms with Crippen molar-refractivity contribution < 1.29 is 17.9 Å². The molecule has 2 aromatic rings. The van der Waals surface area contributed by atoms with Crippen molar-refractivity contribution in [2.24, 2.45) is 0 Å². The van der Waals surface area contributed by atoms with Gasteiger partial charge in [-0.1, -0.05) is 18.2 Å². The Morgan fingerprint density at radius 3 is 2.71 bits per heavy atom. The molecule has 0 bridgehead atoms. The second kappa shape index (κ2) is 5.54. The average Bonchev–Trinajstić information content (AvgIpc) is 2.87. The van der Waals surface area contributed by atoms with Gasteiger partial charge in [-0.15, -0.1) is 0 Å². The van der Waals surface area contributed by atoms with Crippen molar-refractivity contribution in [1.82, 2.24) is 0 Å². The molecule has 1 N–H and O–H groups in total. The van der Waals surface area contributed by atoms with Crippen LogP contribution in [0.25, 0.3) is 0 Å². The molecule has 0 unspecified atom stereocenters. The highest BCUT2D eigenvalue weighted by atomic mass is 32.2. The van der Waals surface area contributed by atoms with Crippen LogP contribution in [0.5, 0.6) is 0 Å². The van der Waals surface area contributed by atoms with E-state index in [1.165, 1.54) is 16.4 Å². The zero-order valence-electron chi connectivity index (χ0n) is 11.5. The summed E-state index contributed by atoms with van der Waals surface area (Å²) in [7, 11) is -3.73. The molecule has 0 spiro atoms. The molecular weight excluding hydrogens is 290 g/mol. The Hall–Kier alpha value is -1.79. The number of fused-ring (bicyclic) bond motifs is 1. The summed E-state index contributed by atoms with van der Waals surface area (Å²) < 4.78 is 32.2. The normalized spacial score (nSPS) is 15.6. The fourth-order valence-corrected chi connectivity index (χ4v) is 4.07. The van der Waals surface area contributed by atoms with Gasteiger partial charge in [-0.3, -0.25) is 4.31 Å². The van der Waals surface area contributed by atoms with Gasteiger partial charge in [-0.05, 0) is 43.0 Å². The summed E-state index contributed by atoms with van der Waals surface area (Å²) in [5, 5.41) is 8.91. The minimum Gasteiger partial charge on any atom is -0.445 e. The van der Waals surface area contributed by atoms with Gasteiger partial charge in [0.15, 0.2) is 0 Å². The predicted molar refractivity (Wildman–Crippen MR) is 78.5 cm³/mol. The fourth-order valence-electron chi connectivity index (χ4n) is 2.60. The van der Waals surface area contributed by atoms with Crippen molar-refractivity contribution in [3.05, 3.63) is 47.7 Å². The van der Waals surface area contributed by atoms with E-state index in [1.807, 2.05) is 24.3 Å². The molecule has 0 radical (unpaired) electrons. The molecule has 6 heteroatoms. The highest BCUT2D eigenvalue weighted by Crippen LogP contribution is 2.31. The number of benzene rings is 1. The molecule has 0 fully saturated rings. The van der Waals surface area contributed by atoms with E-state index < -0.39 is 10.0 Å². The lowest BCUT2D eigenvalue weighted by Gasteiger charge is -2.23. The fraction of sp³-hybridized carbons (Fsp3) is 0.333. The Kier molecular flexibility index (Phi) is 3.73. The summed E-state index contributed by atoms with van der Waals surface area (Å²) in [4.78, 5) is 0. The largest absolute Gasteiger partial charge is 0.445 e. The predicted octanol–water partition coefficient (Wildman–Crippen LogP) is 2.30. The Bertz CT molecular complexity index is 736. The van der Waals surface area contributed by atoms with Gasteiger partial charge in [0.25, 0.3) is 10.0 Å².